The van der Waals surface area contributed by atoms with Gasteiger partial charge in [-0.05, 0) is 68.7 Å². The zero-order valence-corrected chi connectivity index (χ0v) is 17.2. The van der Waals surface area contributed by atoms with E-state index in [9.17, 15) is 9.59 Å². The number of hydrogen-bond acceptors (Lipinski definition) is 3. The molecule has 2 aliphatic rings. The van der Waals surface area contributed by atoms with Crippen LogP contribution in [0.3, 0.4) is 0 Å². The number of nitrogens with one attached hydrogen (secondary N) is 1. The lowest BCUT2D eigenvalue weighted by molar-refractivity contribution is -0.120. The molecule has 2 unspecified atom stereocenters. The summed E-state index contributed by atoms with van der Waals surface area (Å²) in [5.74, 6) is 0.838. The van der Waals surface area contributed by atoms with Gasteiger partial charge in [0.15, 0.2) is 0 Å². The van der Waals surface area contributed by atoms with Crippen LogP contribution in [0.4, 0.5) is 5.69 Å². The number of anilines is 1. The molecule has 150 valence electrons. The van der Waals surface area contributed by atoms with E-state index < -0.39 is 0 Å². The van der Waals surface area contributed by atoms with E-state index in [1.807, 2.05) is 30.0 Å². The molecule has 3 rings (SSSR count). The number of piperidine rings is 1. The molecule has 6 heteroatoms. The molecule has 0 bridgehead atoms. The highest BCUT2D eigenvalue weighted by molar-refractivity contribution is 5.97. The number of nitrogens with zero attached hydrogens (tertiary/aromatic N) is 1. The molecule has 0 aromatic heterocycles. The summed E-state index contributed by atoms with van der Waals surface area (Å²) in [4.78, 5) is 27.2. The van der Waals surface area contributed by atoms with Gasteiger partial charge in [0.05, 0.1) is 0 Å². The molecule has 5 nitrogen and oxygen atoms in total. The van der Waals surface area contributed by atoms with E-state index in [4.69, 9.17) is 5.73 Å². The largest absolute Gasteiger partial charge is 0.339 e. The molecule has 1 aliphatic heterocycles. The Kier molecular flexibility index (Phi) is 7.68. The molecular weight excluding hydrogens is 362 g/mol. The number of nitrogens with two attached hydrogens (primary N) is 1. The predicted octanol–water partition coefficient (Wildman–Crippen LogP) is 3.74. The summed E-state index contributed by atoms with van der Waals surface area (Å²) in [5, 5.41) is 3.03. The van der Waals surface area contributed by atoms with Crippen LogP contribution >= 0.6 is 12.4 Å². The number of carbonyl (C=O) groups excluding carboxylic acids is 2. The topological polar surface area (TPSA) is 75.4 Å². The molecule has 1 saturated carbocycles. The maximum atomic E-state index is 12.7. The SMILES string of the molecule is Cc1cc(C(=O)N2CCC(C)CC2)ccc1NC(=O)C1CCCC(N)C1.Cl. The quantitative estimate of drug-likeness (QED) is 0.821. The molecule has 1 aliphatic carbocycles. The first-order valence-electron chi connectivity index (χ1n) is 9.90. The van der Waals surface area contributed by atoms with E-state index in [2.05, 4.69) is 12.2 Å². The summed E-state index contributed by atoms with van der Waals surface area (Å²) in [6.45, 7) is 5.85. The molecule has 1 aromatic carbocycles. The second-order valence-corrected chi connectivity index (χ2v) is 8.12. The number of benzene rings is 1. The number of amides is 2. The molecule has 2 fully saturated rings. The van der Waals surface area contributed by atoms with Crippen molar-refractivity contribution >= 4 is 29.9 Å². The minimum Gasteiger partial charge on any atom is -0.339 e. The first-order valence-corrected chi connectivity index (χ1v) is 9.90. The minimum atomic E-state index is -0.00482. The maximum Gasteiger partial charge on any atom is 0.253 e. The normalized spacial score (nSPS) is 23.4. The van der Waals surface area contributed by atoms with Crippen molar-refractivity contribution in [3.63, 3.8) is 0 Å². The molecule has 3 N–H and O–H groups in total. The summed E-state index contributed by atoms with van der Waals surface area (Å²) in [7, 11) is 0. The van der Waals surface area contributed by atoms with Gasteiger partial charge in [-0.1, -0.05) is 13.3 Å². The van der Waals surface area contributed by atoms with E-state index >= 15 is 0 Å². The Labute approximate surface area is 168 Å². The van der Waals surface area contributed by atoms with Crippen molar-refractivity contribution in [2.45, 2.75) is 58.4 Å². The van der Waals surface area contributed by atoms with Gasteiger partial charge in [-0.2, -0.15) is 0 Å². The third-order valence-corrected chi connectivity index (χ3v) is 5.89. The van der Waals surface area contributed by atoms with Crippen LogP contribution < -0.4 is 11.1 Å². The summed E-state index contributed by atoms with van der Waals surface area (Å²) in [6.07, 6.45) is 5.83. The van der Waals surface area contributed by atoms with Crippen molar-refractivity contribution in [1.29, 1.82) is 0 Å². The van der Waals surface area contributed by atoms with E-state index in [0.29, 0.717) is 11.5 Å². The molecule has 27 heavy (non-hydrogen) atoms. The lowest BCUT2D eigenvalue weighted by atomic mass is 9.85. The van der Waals surface area contributed by atoms with Gasteiger partial charge in [-0.3, -0.25) is 9.59 Å². The fourth-order valence-corrected chi connectivity index (χ4v) is 4.03. The fourth-order valence-electron chi connectivity index (χ4n) is 4.03. The smallest absolute Gasteiger partial charge is 0.253 e. The predicted molar refractivity (Wildman–Crippen MR) is 111 cm³/mol. The van der Waals surface area contributed by atoms with Crippen LogP contribution in [-0.2, 0) is 4.79 Å². The van der Waals surface area contributed by atoms with Crippen molar-refractivity contribution in [1.82, 2.24) is 4.90 Å². The molecular formula is C21H32ClN3O2. The molecule has 1 aromatic rings. The lowest BCUT2D eigenvalue weighted by Crippen LogP contribution is -2.38. The van der Waals surface area contributed by atoms with Crippen LogP contribution in [0.1, 0.15) is 61.4 Å². The van der Waals surface area contributed by atoms with Crippen molar-refractivity contribution in [2.75, 3.05) is 18.4 Å². The van der Waals surface area contributed by atoms with E-state index in [1.165, 1.54) is 0 Å². The van der Waals surface area contributed by atoms with Crippen LogP contribution in [-0.4, -0.2) is 35.8 Å². The van der Waals surface area contributed by atoms with Crippen LogP contribution in [0.25, 0.3) is 0 Å². The summed E-state index contributed by atoms with van der Waals surface area (Å²) >= 11 is 0. The van der Waals surface area contributed by atoms with Crippen LogP contribution in [0.5, 0.6) is 0 Å². The number of rotatable bonds is 3. The molecule has 0 spiro atoms. The van der Waals surface area contributed by atoms with Gasteiger partial charge < -0.3 is 16.0 Å². The molecule has 2 amide bonds. The average molecular weight is 394 g/mol. The van der Waals surface area contributed by atoms with E-state index in [1.54, 1.807) is 0 Å². The number of carbonyl (C=O) groups is 2. The molecule has 2 atom stereocenters. The van der Waals surface area contributed by atoms with Gasteiger partial charge in [0.25, 0.3) is 5.91 Å². The van der Waals surface area contributed by atoms with Crippen molar-refractivity contribution < 1.29 is 9.59 Å². The first kappa shape index (κ1) is 21.7. The highest BCUT2D eigenvalue weighted by Crippen LogP contribution is 2.26. The highest BCUT2D eigenvalue weighted by atomic mass is 35.5. The maximum absolute atomic E-state index is 12.7. The fraction of sp³-hybridized carbons (Fsp3) is 0.619. The van der Waals surface area contributed by atoms with Gasteiger partial charge in [-0.25, -0.2) is 0 Å². The van der Waals surface area contributed by atoms with E-state index in [0.717, 1.165) is 62.9 Å². The van der Waals surface area contributed by atoms with Gasteiger partial charge in [-0.15, -0.1) is 12.4 Å². The van der Waals surface area contributed by atoms with Crippen LogP contribution in [0, 0.1) is 18.8 Å². The van der Waals surface area contributed by atoms with Crippen molar-refractivity contribution in [3.05, 3.63) is 29.3 Å². The third kappa shape index (κ3) is 5.45. The Balaban J connectivity index is 0.00000261. The molecule has 0 radical (unpaired) electrons. The standard InChI is InChI=1S/C21H31N3O2.ClH/c1-14-8-10-24(11-9-14)21(26)17-6-7-19(15(2)12-17)23-20(25)16-4-3-5-18(22)13-16;/h6-7,12,14,16,18H,3-5,8-11,13,22H2,1-2H3,(H,23,25);1H. The number of hydrogen-bond donors (Lipinski definition) is 2. The third-order valence-electron chi connectivity index (χ3n) is 5.89. The second kappa shape index (κ2) is 9.56. The van der Waals surface area contributed by atoms with Crippen molar-refractivity contribution in [3.8, 4) is 0 Å². The molecule has 1 saturated heterocycles. The highest BCUT2D eigenvalue weighted by Gasteiger charge is 2.26. The number of likely N-dealkylation sites (tertiary alicyclic amines) is 1. The summed E-state index contributed by atoms with van der Waals surface area (Å²) in [5.41, 5.74) is 8.42. The Morgan fingerprint density at radius 1 is 1.15 bits per heavy atom. The van der Waals surface area contributed by atoms with Gasteiger partial charge in [0.1, 0.15) is 0 Å². The first-order chi connectivity index (χ1) is 12.4. The van der Waals surface area contributed by atoms with Crippen LogP contribution in [0.2, 0.25) is 0 Å². The second-order valence-electron chi connectivity index (χ2n) is 8.12. The Bertz CT molecular complexity index is 671. The van der Waals surface area contributed by atoms with Crippen molar-refractivity contribution in [2.24, 2.45) is 17.6 Å². The Hall–Kier alpha value is -1.59. The van der Waals surface area contributed by atoms with Gasteiger partial charge in [0, 0.05) is 36.3 Å². The summed E-state index contributed by atoms with van der Waals surface area (Å²) < 4.78 is 0. The zero-order valence-electron chi connectivity index (χ0n) is 16.4. The van der Waals surface area contributed by atoms with Crippen LogP contribution in [0.15, 0.2) is 18.2 Å². The number of aryl methyl sites for hydroxylation is 1. The zero-order chi connectivity index (χ0) is 18.7. The monoisotopic (exact) mass is 393 g/mol. The van der Waals surface area contributed by atoms with E-state index in [-0.39, 0.29) is 36.2 Å². The average Bonchev–Trinajstić information content (AvgIpc) is 2.63. The van der Waals surface area contributed by atoms with Gasteiger partial charge in [0.2, 0.25) is 5.91 Å². The molecule has 1 heterocycles. The van der Waals surface area contributed by atoms with Gasteiger partial charge >= 0.3 is 0 Å². The Morgan fingerprint density at radius 2 is 1.85 bits per heavy atom. The Morgan fingerprint density at radius 3 is 2.48 bits per heavy atom. The minimum absolute atomic E-state index is 0. The summed E-state index contributed by atoms with van der Waals surface area (Å²) in [6, 6.07) is 5.71. The number of halogens is 1. The lowest BCUT2D eigenvalue weighted by Gasteiger charge is -2.30.